The molecule has 6 nitrogen and oxygen atoms in total. The number of hydrogen-bond donors (Lipinski definition) is 0. The van der Waals surface area contributed by atoms with Crippen LogP contribution >= 0.6 is 0 Å². The maximum absolute atomic E-state index is 12.4. The van der Waals surface area contributed by atoms with E-state index in [1.807, 2.05) is 48.5 Å². The lowest BCUT2D eigenvalue weighted by Crippen LogP contribution is -2.17. The largest absolute Gasteiger partial charge is 0.467 e. The lowest BCUT2D eigenvalue weighted by atomic mass is 9.89. The van der Waals surface area contributed by atoms with Gasteiger partial charge in [-0.05, 0) is 22.3 Å². The van der Waals surface area contributed by atoms with E-state index < -0.39 is 17.0 Å². The third kappa shape index (κ3) is 2.93. The molecule has 0 saturated carbocycles. The van der Waals surface area contributed by atoms with Crippen LogP contribution in [0.1, 0.15) is 17.2 Å². The predicted molar refractivity (Wildman–Crippen MR) is 104 cm³/mol. The number of nitrogens with zero attached hydrogens (tertiary/aromatic N) is 1. The first-order chi connectivity index (χ1) is 13.6. The summed E-state index contributed by atoms with van der Waals surface area (Å²) >= 11 is 0. The van der Waals surface area contributed by atoms with Gasteiger partial charge in [0.1, 0.15) is 0 Å². The third-order valence-corrected chi connectivity index (χ3v) is 4.89. The van der Waals surface area contributed by atoms with Crippen molar-refractivity contribution in [1.82, 2.24) is 0 Å². The number of carbonyl (C=O) groups is 1. The molecular weight excluding hydrogens is 358 g/mol. The molecule has 0 aliphatic carbocycles. The molecular formula is C22H17NO5. The lowest BCUT2D eigenvalue weighted by Gasteiger charge is -2.15. The van der Waals surface area contributed by atoms with Gasteiger partial charge >= 0.3 is 5.97 Å². The van der Waals surface area contributed by atoms with E-state index in [1.165, 1.54) is 13.2 Å². The number of methoxy groups -OCH3 is 1. The molecule has 0 radical (unpaired) electrons. The van der Waals surface area contributed by atoms with E-state index in [9.17, 15) is 14.9 Å². The van der Waals surface area contributed by atoms with Crippen molar-refractivity contribution in [2.75, 3.05) is 7.11 Å². The molecule has 0 aromatic heterocycles. The monoisotopic (exact) mass is 375 g/mol. The number of esters is 1. The molecule has 140 valence electrons. The second-order valence-corrected chi connectivity index (χ2v) is 6.41. The zero-order valence-corrected chi connectivity index (χ0v) is 15.1. The van der Waals surface area contributed by atoms with Gasteiger partial charge in [-0.3, -0.25) is 10.1 Å². The highest BCUT2D eigenvalue weighted by atomic mass is 16.6. The summed E-state index contributed by atoms with van der Waals surface area (Å²) in [5, 5.41) is 11.7. The van der Waals surface area contributed by atoms with Crippen molar-refractivity contribution >= 4 is 11.7 Å². The molecule has 1 heterocycles. The van der Waals surface area contributed by atoms with Crippen LogP contribution in [0.25, 0.3) is 22.3 Å². The van der Waals surface area contributed by atoms with E-state index in [0.717, 1.165) is 16.7 Å². The molecule has 3 aromatic rings. The summed E-state index contributed by atoms with van der Waals surface area (Å²) in [5.41, 5.74) is 4.14. The first kappa shape index (κ1) is 17.9. The lowest BCUT2D eigenvalue weighted by molar-refractivity contribution is -0.384. The van der Waals surface area contributed by atoms with Crippen LogP contribution in [-0.4, -0.2) is 18.0 Å². The Morgan fingerprint density at radius 1 is 1.04 bits per heavy atom. The van der Waals surface area contributed by atoms with Gasteiger partial charge in [-0.2, -0.15) is 0 Å². The standard InChI is InChI=1S/C22H17NO5/c1-27-22(24)21-17-11-6-12-19(23(25)26)20(17)16-10-5-9-15(18(16)13-28-21)14-7-3-2-4-8-14/h2-12,21H,13H2,1H3. The van der Waals surface area contributed by atoms with E-state index in [-0.39, 0.29) is 12.3 Å². The smallest absolute Gasteiger partial charge is 0.339 e. The number of hydrogen-bond acceptors (Lipinski definition) is 5. The van der Waals surface area contributed by atoms with Crippen molar-refractivity contribution in [2.45, 2.75) is 12.7 Å². The Morgan fingerprint density at radius 3 is 2.46 bits per heavy atom. The summed E-state index contributed by atoms with van der Waals surface area (Å²) < 4.78 is 10.8. The molecule has 0 fully saturated rings. The van der Waals surface area contributed by atoms with Crippen LogP contribution < -0.4 is 0 Å². The van der Waals surface area contributed by atoms with Crippen molar-refractivity contribution in [3.63, 3.8) is 0 Å². The zero-order chi connectivity index (χ0) is 19.7. The molecule has 0 spiro atoms. The average molecular weight is 375 g/mol. The topological polar surface area (TPSA) is 78.7 Å². The van der Waals surface area contributed by atoms with Crippen LogP contribution in [0, 0.1) is 10.1 Å². The summed E-state index contributed by atoms with van der Waals surface area (Å²) in [4.78, 5) is 23.7. The molecule has 0 bridgehead atoms. The van der Waals surface area contributed by atoms with E-state index >= 15 is 0 Å². The van der Waals surface area contributed by atoms with Crippen molar-refractivity contribution in [1.29, 1.82) is 0 Å². The number of fused-ring (bicyclic) bond motifs is 3. The van der Waals surface area contributed by atoms with Crippen LogP contribution in [0.2, 0.25) is 0 Å². The molecule has 1 aliphatic heterocycles. The normalized spacial score (nSPS) is 15.1. The fourth-order valence-corrected chi connectivity index (χ4v) is 3.64. The number of carbonyl (C=O) groups excluding carboxylic acids is 1. The highest BCUT2D eigenvalue weighted by molar-refractivity contribution is 5.89. The maximum Gasteiger partial charge on any atom is 0.339 e. The van der Waals surface area contributed by atoms with E-state index in [2.05, 4.69) is 0 Å². The highest BCUT2D eigenvalue weighted by Crippen LogP contribution is 2.44. The average Bonchev–Trinajstić information content (AvgIpc) is 2.90. The van der Waals surface area contributed by atoms with Gasteiger partial charge in [0, 0.05) is 11.6 Å². The minimum Gasteiger partial charge on any atom is -0.467 e. The van der Waals surface area contributed by atoms with Crippen LogP contribution in [0.3, 0.4) is 0 Å². The molecule has 1 atom stereocenters. The molecule has 1 aliphatic rings. The summed E-state index contributed by atoms with van der Waals surface area (Å²) in [7, 11) is 1.27. The Kier molecular flexibility index (Phi) is 4.63. The molecule has 4 rings (SSSR count). The number of ether oxygens (including phenoxy) is 2. The first-order valence-electron chi connectivity index (χ1n) is 8.76. The maximum atomic E-state index is 12.4. The Hall–Kier alpha value is -3.51. The Balaban J connectivity index is 2.02. The molecule has 0 N–H and O–H groups in total. The van der Waals surface area contributed by atoms with Crippen molar-refractivity contribution in [2.24, 2.45) is 0 Å². The molecule has 0 saturated heterocycles. The van der Waals surface area contributed by atoms with Crippen LogP contribution in [0.15, 0.2) is 66.7 Å². The number of nitro groups is 1. The van der Waals surface area contributed by atoms with Crippen molar-refractivity contribution < 1.29 is 19.2 Å². The number of benzene rings is 3. The summed E-state index contributed by atoms with van der Waals surface area (Å²) in [5.74, 6) is -0.587. The second-order valence-electron chi connectivity index (χ2n) is 6.41. The van der Waals surface area contributed by atoms with Gasteiger partial charge in [-0.15, -0.1) is 0 Å². The van der Waals surface area contributed by atoms with Gasteiger partial charge in [0.2, 0.25) is 0 Å². The quantitative estimate of drug-likeness (QED) is 0.377. The van der Waals surface area contributed by atoms with Gasteiger partial charge < -0.3 is 9.47 Å². The van der Waals surface area contributed by atoms with E-state index in [0.29, 0.717) is 16.7 Å². The highest BCUT2D eigenvalue weighted by Gasteiger charge is 2.34. The molecule has 6 heteroatoms. The fraction of sp³-hybridized carbons (Fsp3) is 0.136. The van der Waals surface area contributed by atoms with Crippen molar-refractivity contribution in [3.05, 3.63) is 88.0 Å². The summed E-state index contributed by atoms with van der Waals surface area (Å²) in [6.45, 7) is 0.131. The van der Waals surface area contributed by atoms with Gasteiger partial charge in [0.05, 0.1) is 24.2 Å². The molecule has 0 amide bonds. The zero-order valence-electron chi connectivity index (χ0n) is 15.1. The minimum atomic E-state index is -1.03. The third-order valence-electron chi connectivity index (χ3n) is 4.89. The molecule has 28 heavy (non-hydrogen) atoms. The van der Waals surface area contributed by atoms with Gasteiger partial charge in [0.25, 0.3) is 5.69 Å². The van der Waals surface area contributed by atoms with Crippen molar-refractivity contribution in [3.8, 4) is 22.3 Å². The number of rotatable bonds is 3. The second kappa shape index (κ2) is 7.25. The van der Waals surface area contributed by atoms with E-state index in [4.69, 9.17) is 9.47 Å². The molecule has 3 aromatic carbocycles. The van der Waals surface area contributed by atoms with Gasteiger partial charge in [-0.25, -0.2) is 4.79 Å². The van der Waals surface area contributed by atoms with E-state index in [1.54, 1.807) is 12.1 Å². The van der Waals surface area contributed by atoms with Crippen LogP contribution in [0.4, 0.5) is 5.69 Å². The number of nitro benzene ring substituents is 1. The Bertz CT molecular complexity index is 1060. The molecule has 1 unspecified atom stereocenters. The Morgan fingerprint density at radius 2 is 1.75 bits per heavy atom. The minimum absolute atomic E-state index is 0.0663. The van der Waals surface area contributed by atoms with Crippen LogP contribution in [-0.2, 0) is 20.9 Å². The predicted octanol–water partition coefficient (Wildman–Crippen LogP) is 4.67. The summed E-state index contributed by atoms with van der Waals surface area (Å²) in [6.07, 6.45) is -1.03. The fourth-order valence-electron chi connectivity index (χ4n) is 3.64. The first-order valence-corrected chi connectivity index (χ1v) is 8.76. The van der Waals surface area contributed by atoms with Gasteiger partial charge in [0.15, 0.2) is 6.10 Å². The Labute approximate surface area is 161 Å². The SMILES string of the molecule is COC(=O)C1OCc2c(-c3ccccc3)cccc2-c2c1cccc2[N+](=O)[O-]. The van der Waals surface area contributed by atoms with Gasteiger partial charge in [-0.1, -0.05) is 60.7 Å². The summed E-state index contributed by atoms with van der Waals surface area (Å²) in [6, 6.07) is 20.0. The van der Waals surface area contributed by atoms with Crippen LogP contribution in [0.5, 0.6) is 0 Å².